The Balaban J connectivity index is 1.56. The number of nitrogens with zero attached hydrogens (tertiary/aromatic N) is 2. The van der Waals surface area contributed by atoms with Gasteiger partial charge in [0.05, 0.1) is 37.1 Å². The summed E-state index contributed by atoms with van der Waals surface area (Å²) in [4.78, 5) is 42.1. The third-order valence-electron chi connectivity index (χ3n) is 7.11. The van der Waals surface area contributed by atoms with Crippen molar-refractivity contribution in [3.8, 4) is 5.75 Å². The van der Waals surface area contributed by atoms with Crippen LogP contribution in [-0.2, 0) is 11.3 Å². The number of H-pyrrole nitrogens is 1. The van der Waals surface area contributed by atoms with Crippen molar-refractivity contribution in [3.05, 3.63) is 116 Å². The lowest BCUT2D eigenvalue weighted by atomic mass is 10.0. The number of morpholine rings is 1. The maximum atomic E-state index is 13.9. The van der Waals surface area contributed by atoms with Crippen LogP contribution in [0.2, 0.25) is 0 Å². The summed E-state index contributed by atoms with van der Waals surface area (Å²) in [6.07, 6.45) is 0.644. The normalized spacial score (nSPS) is 13.9. The van der Waals surface area contributed by atoms with Gasteiger partial charge in [-0.15, -0.1) is 0 Å². The van der Waals surface area contributed by atoms with Gasteiger partial charge in [-0.3, -0.25) is 19.5 Å². The molecule has 41 heavy (non-hydrogen) atoms. The summed E-state index contributed by atoms with van der Waals surface area (Å²) < 4.78 is 6.57. The fraction of sp³-hybridized carbons (Fsp3) is 0.258. The number of benzene rings is 3. The lowest BCUT2D eigenvalue weighted by molar-refractivity contribution is 0.0301. The molecule has 1 atom stereocenters. The highest BCUT2D eigenvalue weighted by Crippen LogP contribution is 2.33. The van der Waals surface area contributed by atoms with E-state index in [0.717, 1.165) is 11.1 Å². The lowest BCUT2D eigenvalue weighted by Crippen LogP contribution is -2.40. The molecule has 1 aliphatic rings. The van der Waals surface area contributed by atoms with E-state index >= 15 is 0 Å². The Hall–Kier alpha value is -4.83. The van der Waals surface area contributed by atoms with Crippen molar-refractivity contribution in [1.29, 1.82) is 0 Å². The standard InChI is InChI=1S/C31H33N5O5/c1-2-24(22-12-7-4-8-13-22)32-26-27(31(40)36(34-29(26)38)20-21-10-5-3-6-11-21)33-25-15-9-14-23(28(25)37)30(39)35-16-18-41-19-17-35/h3-15,24,32-33,37H,2,16-20H2,1H3,(H,34,38). The molecule has 0 saturated carbocycles. The Kier molecular flexibility index (Phi) is 8.50. The van der Waals surface area contributed by atoms with Gasteiger partial charge in [0.15, 0.2) is 5.75 Å². The number of para-hydroxylation sites is 1. The van der Waals surface area contributed by atoms with Gasteiger partial charge in [0.1, 0.15) is 11.4 Å². The highest BCUT2D eigenvalue weighted by molar-refractivity contribution is 5.99. The summed E-state index contributed by atoms with van der Waals surface area (Å²) in [7, 11) is 0. The number of rotatable bonds is 9. The number of hydrogen-bond donors (Lipinski definition) is 4. The highest BCUT2D eigenvalue weighted by Gasteiger charge is 2.24. The fourth-order valence-electron chi connectivity index (χ4n) is 4.88. The van der Waals surface area contributed by atoms with E-state index in [1.807, 2.05) is 67.6 Å². The van der Waals surface area contributed by atoms with E-state index in [-0.39, 0.29) is 46.9 Å². The van der Waals surface area contributed by atoms with Crippen molar-refractivity contribution < 1.29 is 14.6 Å². The number of anilines is 3. The van der Waals surface area contributed by atoms with Gasteiger partial charge >= 0.3 is 0 Å². The summed E-state index contributed by atoms with van der Waals surface area (Å²) in [5.41, 5.74) is 1.01. The van der Waals surface area contributed by atoms with E-state index in [9.17, 15) is 19.5 Å². The van der Waals surface area contributed by atoms with E-state index < -0.39 is 11.1 Å². The highest BCUT2D eigenvalue weighted by atomic mass is 16.5. The van der Waals surface area contributed by atoms with Gasteiger partial charge in [0.25, 0.3) is 17.0 Å². The van der Waals surface area contributed by atoms with Crippen molar-refractivity contribution >= 4 is 23.0 Å². The predicted molar refractivity (Wildman–Crippen MR) is 158 cm³/mol. The zero-order valence-electron chi connectivity index (χ0n) is 22.8. The number of aromatic amines is 1. The lowest BCUT2D eigenvalue weighted by Gasteiger charge is -2.27. The van der Waals surface area contributed by atoms with Gasteiger partial charge in [0.2, 0.25) is 0 Å². The summed E-state index contributed by atoms with van der Waals surface area (Å²) in [5, 5.41) is 20.1. The first-order valence-corrected chi connectivity index (χ1v) is 13.6. The van der Waals surface area contributed by atoms with Crippen LogP contribution in [0.4, 0.5) is 17.1 Å². The second-order valence-electron chi connectivity index (χ2n) is 9.81. The molecule has 10 heteroatoms. The molecule has 10 nitrogen and oxygen atoms in total. The second kappa shape index (κ2) is 12.6. The van der Waals surface area contributed by atoms with Gasteiger partial charge in [0, 0.05) is 13.1 Å². The molecular formula is C31H33N5O5. The number of aromatic nitrogens is 2. The van der Waals surface area contributed by atoms with Crippen LogP contribution < -0.4 is 21.8 Å². The van der Waals surface area contributed by atoms with Crippen LogP contribution in [0, 0.1) is 0 Å². The van der Waals surface area contributed by atoms with Crippen molar-refractivity contribution in [2.24, 2.45) is 0 Å². The van der Waals surface area contributed by atoms with Gasteiger partial charge in [-0.25, -0.2) is 4.68 Å². The Morgan fingerprint density at radius 2 is 1.63 bits per heavy atom. The topological polar surface area (TPSA) is 129 Å². The van der Waals surface area contributed by atoms with Crippen LogP contribution in [0.25, 0.3) is 0 Å². The third kappa shape index (κ3) is 6.17. The molecule has 0 spiro atoms. The molecule has 0 radical (unpaired) electrons. The summed E-state index contributed by atoms with van der Waals surface area (Å²) >= 11 is 0. The van der Waals surface area contributed by atoms with Crippen molar-refractivity contribution in [1.82, 2.24) is 14.7 Å². The van der Waals surface area contributed by atoms with Crippen molar-refractivity contribution in [2.75, 3.05) is 36.9 Å². The number of amides is 1. The number of carbonyl (C=O) groups is 1. The van der Waals surface area contributed by atoms with Crippen molar-refractivity contribution in [3.63, 3.8) is 0 Å². The van der Waals surface area contributed by atoms with Crippen LogP contribution in [0.15, 0.2) is 88.5 Å². The molecule has 1 aliphatic heterocycles. The van der Waals surface area contributed by atoms with Crippen LogP contribution in [0.1, 0.15) is 40.9 Å². The molecule has 5 rings (SSSR count). The van der Waals surface area contributed by atoms with E-state index in [2.05, 4.69) is 15.7 Å². The molecule has 1 aromatic heterocycles. The molecule has 212 valence electrons. The van der Waals surface area contributed by atoms with Gasteiger partial charge in [-0.05, 0) is 29.7 Å². The molecule has 1 unspecified atom stereocenters. The number of phenolic OH excluding ortho intramolecular Hbond substituents is 1. The summed E-state index contributed by atoms with van der Waals surface area (Å²) in [5.74, 6) is -0.644. The number of hydrogen-bond acceptors (Lipinski definition) is 7. The minimum Gasteiger partial charge on any atom is -0.505 e. The van der Waals surface area contributed by atoms with Crippen LogP contribution in [-0.4, -0.2) is 52.0 Å². The number of aromatic hydroxyl groups is 1. The Bertz CT molecular complexity index is 1610. The molecule has 0 aliphatic carbocycles. The molecule has 1 amide bonds. The molecule has 3 aromatic carbocycles. The predicted octanol–water partition coefficient (Wildman–Crippen LogP) is 4.07. The van der Waals surface area contributed by atoms with E-state index in [1.54, 1.807) is 17.0 Å². The Morgan fingerprint density at radius 3 is 2.32 bits per heavy atom. The molecule has 2 heterocycles. The zero-order chi connectivity index (χ0) is 28.8. The second-order valence-corrected chi connectivity index (χ2v) is 9.81. The molecule has 4 N–H and O–H groups in total. The maximum absolute atomic E-state index is 13.9. The van der Waals surface area contributed by atoms with Gasteiger partial charge in [-0.2, -0.15) is 0 Å². The smallest absolute Gasteiger partial charge is 0.291 e. The van der Waals surface area contributed by atoms with Crippen LogP contribution in [0.5, 0.6) is 5.75 Å². The first-order valence-electron chi connectivity index (χ1n) is 13.6. The largest absolute Gasteiger partial charge is 0.505 e. The third-order valence-corrected chi connectivity index (χ3v) is 7.11. The van der Waals surface area contributed by atoms with Crippen LogP contribution in [0.3, 0.4) is 0 Å². The van der Waals surface area contributed by atoms with Crippen molar-refractivity contribution in [2.45, 2.75) is 25.9 Å². The summed E-state index contributed by atoms with van der Waals surface area (Å²) in [6, 6.07) is 23.4. The first-order chi connectivity index (χ1) is 20.0. The minimum atomic E-state index is -0.502. The molecular weight excluding hydrogens is 522 g/mol. The first kappa shape index (κ1) is 27.7. The maximum Gasteiger partial charge on any atom is 0.291 e. The molecule has 1 saturated heterocycles. The average molecular weight is 556 g/mol. The van der Waals surface area contributed by atoms with Gasteiger partial charge in [-0.1, -0.05) is 73.7 Å². The van der Waals surface area contributed by atoms with E-state index in [0.29, 0.717) is 32.7 Å². The molecule has 4 aromatic rings. The monoisotopic (exact) mass is 555 g/mol. The minimum absolute atomic E-state index is 0.0367. The number of carbonyl (C=O) groups excluding carboxylic acids is 1. The Labute approximate surface area is 237 Å². The number of ether oxygens (including phenoxy) is 1. The van der Waals surface area contributed by atoms with E-state index in [1.165, 1.54) is 10.7 Å². The molecule has 0 bridgehead atoms. The SMILES string of the molecule is CCC(Nc1c(Nc2cccc(C(=O)N3CCOCC3)c2O)c(=O)n(Cc2ccccc2)[nH]c1=O)c1ccccc1. The number of phenols is 1. The zero-order valence-corrected chi connectivity index (χ0v) is 22.8. The molecule has 1 fully saturated rings. The summed E-state index contributed by atoms with van der Waals surface area (Å²) in [6.45, 7) is 3.80. The Morgan fingerprint density at radius 1 is 0.951 bits per heavy atom. The van der Waals surface area contributed by atoms with Gasteiger partial charge < -0.3 is 25.4 Å². The fourth-order valence-corrected chi connectivity index (χ4v) is 4.88. The quantitative estimate of drug-likeness (QED) is 0.229. The van der Waals surface area contributed by atoms with E-state index in [4.69, 9.17) is 4.74 Å². The average Bonchev–Trinajstić information content (AvgIpc) is 3.01. The van der Waals surface area contributed by atoms with Crippen LogP contribution >= 0.6 is 0 Å². The number of nitrogens with one attached hydrogen (secondary N) is 3.